The smallest absolute Gasteiger partial charge is 0.269 e. The number of non-ortho nitro benzene ring substituents is 1. The third-order valence-corrected chi connectivity index (χ3v) is 3.20. The Hall–Kier alpha value is -3.35. The number of ether oxygens (including phenoxy) is 2. The first-order chi connectivity index (χ1) is 11.5. The van der Waals surface area contributed by atoms with Crippen LogP contribution in [0.1, 0.15) is 5.56 Å². The van der Waals surface area contributed by atoms with Gasteiger partial charge in [-0.2, -0.15) is 0 Å². The van der Waals surface area contributed by atoms with Crippen molar-refractivity contribution in [1.29, 1.82) is 0 Å². The number of carbonyl (C=O) groups excluding carboxylic acids is 1. The Kier molecular flexibility index (Phi) is 5.51. The lowest BCUT2D eigenvalue weighted by Crippen LogP contribution is -2.09. The average Bonchev–Trinajstić information content (AvgIpc) is 2.60. The number of rotatable bonds is 6. The third-order valence-electron chi connectivity index (χ3n) is 3.20. The molecule has 0 aliphatic heterocycles. The number of benzene rings is 2. The van der Waals surface area contributed by atoms with Crippen molar-refractivity contribution >= 4 is 23.4 Å². The van der Waals surface area contributed by atoms with Gasteiger partial charge in [-0.15, -0.1) is 0 Å². The maximum atomic E-state index is 12.0. The molecule has 0 unspecified atom stereocenters. The molecule has 0 aliphatic rings. The Morgan fingerprint density at radius 3 is 2.42 bits per heavy atom. The van der Waals surface area contributed by atoms with E-state index in [0.717, 1.165) is 0 Å². The number of amides is 1. The highest BCUT2D eigenvalue weighted by Crippen LogP contribution is 2.28. The molecule has 0 atom stereocenters. The summed E-state index contributed by atoms with van der Waals surface area (Å²) in [5, 5.41) is 13.3. The zero-order chi connectivity index (χ0) is 17.5. The molecule has 0 radical (unpaired) electrons. The molecule has 0 bridgehead atoms. The standard InChI is InChI=1S/C17H16N2O5/c1-23-14-8-9-16(24-2)15(11-14)18-17(20)10-5-12-3-6-13(7-4-12)19(21)22/h3-11H,1-2H3,(H,18,20). The molecule has 2 rings (SSSR count). The molecule has 0 saturated carbocycles. The SMILES string of the molecule is COc1ccc(OC)c(NC(=O)C=Cc2ccc([N+](=O)[O-])cc2)c1. The van der Waals surface area contributed by atoms with Crippen molar-refractivity contribution in [1.82, 2.24) is 0 Å². The van der Waals surface area contributed by atoms with E-state index in [1.807, 2.05) is 0 Å². The Balaban J connectivity index is 2.08. The van der Waals surface area contributed by atoms with E-state index in [4.69, 9.17) is 9.47 Å². The van der Waals surface area contributed by atoms with E-state index in [0.29, 0.717) is 22.7 Å². The number of nitro groups is 1. The molecule has 0 aliphatic carbocycles. The van der Waals surface area contributed by atoms with Crippen LogP contribution in [0.3, 0.4) is 0 Å². The number of nitro benzene ring substituents is 1. The fraction of sp³-hybridized carbons (Fsp3) is 0.118. The van der Waals surface area contributed by atoms with Crippen molar-refractivity contribution in [2.75, 3.05) is 19.5 Å². The highest BCUT2D eigenvalue weighted by molar-refractivity contribution is 6.02. The minimum atomic E-state index is -0.477. The normalized spacial score (nSPS) is 10.4. The molecular weight excluding hydrogens is 312 g/mol. The van der Waals surface area contributed by atoms with Crippen LogP contribution in [0.2, 0.25) is 0 Å². The predicted molar refractivity (Wildman–Crippen MR) is 90.3 cm³/mol. The average molecular weight is 328 g/mol. The zero-order valence-electron chi connectivity index (χ0n) is 13.2. The van der Waals surface area contributed by atoms with Crippen LogP contribution in [-0.4, -0.2) is 25.1 Å². The molecule has 0 spiro atoms. The van der Waals surface area contributed by atoms with Crippen LogP contribution < -0.4 is 14.8 Å². The molecule has 0 saturated heterocycles. The monoisotopic (exact) mass is 328 g/mol. The van der Waals surface area contributed by atoms with Crippen molar-refractivity contribution in [2.45, 2.75) is 0 Å². The maximum Gasteiger partial charge on any atom is 0.269 e. The highest BCUT2D eigenvalue weighted by Gasteiger charge is 2.07. The van der Waals surface area contributed by atoms with Gasteiger partial charge in [-0.3, -0.25) is 14.9 Å². The van der Waals surface area contributed by atoms with Crippen LogP contribution in [0.5, 0.6) is 11.5 Å². The van der Waals surface area contributed by atoms with Crippen LogP contribution >= 0.6 is 0 Å². The molecule has 0 aromatic heterocycles. The van der Waals surface area contributed by atoms with E-state index >= 15 is 0 Å². The van der Waals surface area contributed by atoms with Crippen molar-refractivity contribution in [3.63, 3.8) is 0 Å². The van der Waals surface area contributed by atoms with Crippen molar-refractivity contribution in [3.05, 3.63) is 64.2 Å². The molecule has 7 nitrogen and oxygen atoms in total. The third kappa shape index (κ3) is 4.33. The molecule has 1 amide bonds. The van der Waals surface area contributed by atoms with Crippen LogP contribution in [0.4, 0.5) is 11.4 Å². The second-order valence-electron chi connectivity index (χ2n) is 4.74. The lowest BCUT2D eigenvalue weighted by Gasteiger charge is -2.10. The van der Waals surface area contributed by atoms with Gasteiger partial charge in [0.15, 0.2) is 0 Å². The fourth-order valence-corrected chi connectivity index (χ4v) is 1.97. The Morgan fingerprint density at radius 2 is 1.83 bits per heavy atom. The van der Waals surface area contributed by atoms with E-state index in [1.165, 1.54) is 32.4 Å². The number of hydrogen-bond acceptors (Lipinski definition) is 5. The second kappa shape index (κ2) is 7.77. The first-order valence-electron chi connectivity index (χ1n) is 6.99. The largest absolute Gasteiger partial charge is 0.497 e. The summed E-state index contributed by atoms with van der Waals surface area (Å²) in [6.07, 6.45) is 2.89. The molecule has 7 heteroatoms. The van der Waals surface area contributed by atoms with Crippen LogP contribution in [0.15, 0.2) is 48.5 Å². The first-order valence-corrected chi connectivity index (χ1v) is 6.99. The summed E-state index contributed by atoms with van der Waals surface area (Å²) >= 11 is 0. The van der Waals surface area contributed by atoms with Crippen LogP contribution in [-0.2, 0) is 4.79 Å². The van der Waals surface area contributed by atoms with Crippen LogP contribution in [0, 0.1) is 10.1 Å². The summed E-state index contributed by atoms with van der Waals surface area (Å²) in [4.78, 5) is 22.1. The van der Waals surface area contributed by atoms with E-state index in [-0.39, 0.29) is 11.6 Å². The highest BCUT2D eigenvalue weighted by atomic mass is 16.6. The summed E-state index contributed by atoms with van der Waals surface area (Å²) in [7, 11) is 3.03. The molecule has 124 valence electrons. The molecule has 0 fully saturated rings. The topological polar surface area (TPSA) is 90.7 Å². The van der Waals surface area contributed by atoms with E-state index < -0.39 is 4.92 Å². The number of anilines is 1. The fourth-order valence-electron chi connectivity index (χ4n) is 1.97. The predicted octanol–water partition coefficient (Wildman–Crippen LogP) is 3.26. The summed E-state index contributed by atoms with van der Waals surface area (Å²) in [5.41, 5.74) is 1.15. The number of hydrogen-bond donors (Lipinski definition) is 1. The van der Waals surface area contributed by atoms with Gasteiger partial charge in [0.05, 0.1) is 24.8 Å². The van der Waals surface area contributed by atoms with E-state index in [2.05, 4.69) is 5.32 Å². The van der Waals surface area contributed by atoms with Gasteiger partial charge in [0.1, 0.15) is 11.5 Å². The van der Waals surface area contributed by atoms with E-state index in [1.54, 1.807) is 36.4 Å². The number of nitrogens with zero attached hydrogens (tertiary/aromatic N) is 1. The van der Waals surface area contributed by atoms with Crippen molar-refractivity contribution < 1.29 is 19.2 Å². The van der Waals surface area contributed by atoms with Gasteiger partial charge in [-0.25, -0.2) is 0 Å². The summed E-state index contributed by atoms with van der Waals surface area (Å²) in [6, 6.07) is 10.9. The van der Waals surface area contributed by atoms with Crippen molar-refractivity contribution in [3.8, 4) is 11.5 Å². The quantitative estimate of drug-likeness (QED) is 0.499. The number of methoxy groups -OCH3 is 2. The van der Waals surface area contributed by atoms with Crippen molar-refractivity contribution in [2.24, 2.45) is 0 Å². The second-order valence-corrected chi connectivity index (χ2v) is 4.74. The minimum absolute atomic E-state index is 0.00211. The van der Waals surface area contributed by atoms with Crippen LogP contribution in [0.25, 0.3) is 6.08 Å². The Morgan fingerprint density at radius 1 is 1.12 bits per heavy atom. The Bertz CT molecular complexity index is 769. The van der Waals surface area contributed by atoms with Gasteiger partial charge in [0, 0.05) is 24.3 Å². The first kappa shape index (κ1) is 17.0. The van der Waals surface area contributed by atoms with Gasteiger partial charge in [0.2, 0.25) is 5.91 Å². The zero-order valence-corrected chi connectivity index (χ0v) is 13.2. The Labute approximate surface area is 138 Å². The minimum Gasteiger partial charge on any atom is -0.497 e. The van der Waals surface area contributed by atoms with Gasteiger partial charge in [-0.05, 0) is 35.9 Å². The molecule has 0 heterocycles. The number of nitrogens with one attached hydrogen (secondary N) is 1. The summed E-state index contributed by atoms with van der Waals surface area (Å²) < 4.78 is 10.3. The van der Waals surface area contributed by atoms with E-state index in [9.17, 15) is 14.9 Å². The summed E-state index contributed by atoms with van der Waals surface area (Å²) in [6.45, 7) is 0. The van der Waals surface area contributed by atoms with Gasteiger partial charge in [0.25, 0.3) is 5.69 Å². The summed E-state index contributed by atoms with van der Waals surface area (Å²) in [5.74, 6) is 0.734. The van der Waals surface area contributed by atoms with Gasteiger partial charge >= 0.3 is 0 Å². The van der Waals surface area contributed by atoms with Gasteiger partial charge < -0.3 is 14.8 Å². The lowest BCUT2D eigenvalue weighted by molar-refractivity contribution is -0.384. The van der Waals surface area contributed by atoms with Gasteiger partial charge in [-0.1, -0.05) is 0 Å². The molecular formula is C17H16N2O5. The molecule has 1 N–H and O–H groups in total. The molecule has 2 aromatic carbocycles. The molecule has 24 heavy (non-hydrogen) atoms. The maximum absolute atomic E-state index is 12.0. The number of carbonyl (C=O) groups is 1. The lowest BCUT2D eigenvalue weighted by atomic mass is 10.2. The molecule has 2 aromatic rings.